The van der Waals surface area contributed by atoms with E-state index in [0.717, 1.165) is 12.2 Å². The molecule has 0 aliphatic carbocycles. The van der Waals surface area contributed by atoms with Gasteiger partial charge >= 0.3 is 11.9 Å². The first kappa shape index (κ1) is 19.6. The molecule has 0 heterocycles. The quantitative estimate of drug-likeness (QED) is 0.683. The van der Waals surface area contributed by atoms with Crippen molar-refractivity contribution < 1.29 is 34.0 Å². The summed E-state index contributed by atoms with van der Waals surface area (Å²) >= 11 is 0. The summed E-state index contributed by atoms with van der Waals surface area (Å²) in [6, 6.07) is 9.97. The van der Waals surface area contributed by atoms with Crippen LogP contribution >= 0.6 is 0 Å². The number of carbonyl (C=O) groups is 2. The fourth-order valence-electron chi connectivity index (χ4n) is 2.20. The Labute approximate surface area is 155 Å². The topological polar surface area (TPSA) is 102 Å². The molecule has 0 amide bonds. The minimum absolute atomic E-state index is 0.414. The minimum Gasteiger partial charge on any atom is -0.493 e. The van der Waals surface area contributed by atoms with E-state index in [2.05, 4.69) is 0 Å². The summed E-state index contributed by atoms with van der Waals surface area (Å²) in [6.07, 6.45) is 4.95. The SMILES string of the molecule is COc1cc(/C=C/C(=O)O)ccc1Oc1ccc(/C=C/C(=O)O)cc1OC. The van der Waals surface area contributed by atoms with Crippen LogP contribution in [0.3, 0.4) is 0 Å². The first-order valence-corrected chi connectivity index (χ1v) is 7.79. The van der Waals surface area contributed by atoms with Crippen molar-refractivity contribution in [3.63, 3.8) is 0 Å². The highest BCUT2D eigenvalue weighted by atomic mass is 16.5. The van der Waals surface area contributed by atoms with Gasteiger partial charge in [-0.1, -0.05) is 12.1 Å². The molecule has 0 fully saturated rings. The Kier molecular flexibility index (Phi) is 6.60. The fourth-order valence-corrected chi connectivity index (χ4v) is 2.20. The van der Waals surface area contributed by atoms with E-state index in [0.29, 0.717) is 34.1 Å². The molecule has 0 radical (unpaired) electrons. The Morgan fingerprint density at radius 1 is 0.741 bits per heavy atom. The van der Waals surface area contributed by atoms with Gasteiger partial charge in [0.25, 0.3) is 0 Å². The summed E-state index contributed by atoms with van der Waals surface area (Å²) in [4.78, 5) is 21.2. The molecule has 0 unspecified atom stereocenters. The van der Waals surface area contributed by atoms with Gasteiger partial charge in [0.2, 0.25) is 0 Å². The predicted octanol–water partition coefficient (Wildman–Crippen LogP) is 3.69. The zero-order valence-electron chi connectivity index (χ0n) is 14.7. The van der Waals surface area contributed by atoms with E-state index in [4.69, 9.17) is 24.4 Å². The normalized spacial score (nSPS) is 10.9. The number of carboxylic acids is 2. The molecule has 140 valence electrons. The molecule has 2 aromatic carbocycles. The minimum atomic E-state index is -1.05. The second-order valence-corrected chi connectivity index (χ2v) is 5.27. The molecule has 0 saturated heterocycles. The zero-order valence-corrected chi connectivity index (χ0v) is 14.7. The van der Waals surface area contributed by atoms with E-state index in [1.807, 2.05) is 0 Å². The van der Waals surface area contributed by atoms with E-state index in [-0.39, 0.29) is 0 Å². The molecule has 2 N–H and O–H groups in total. The van der Waals surface area contributed by atoms with Crippen LogP contribution in [0.5, 0.6) is 23.0 Å². The summed E-state index contributed by atoms with van der Waals surface area (Å²) in [5.74, 6) is -0.430. The van der Waals surface area contributed by atoms with Gasteiger partial charge in [-0.3, -0.25) is 0 Å². The Hall–Kier alpha value is -3.74. The van der Waals surface area contributed by atoms with Crippen molar-refractivity contribution in [1.29, 1.82) is 0 Å². The highest BCUT2D eigenvalue weighted by Crippen LogP contribution is 2.37. The van der Waals surface area contributed by atoms with Crippen LogP contribution in [0.2, 0.25) is 0 Å². The van der Waals surface area contributed by atoms with Crippen LogP contribution in [-0.2, 0) is 9.59 Å². The average Bonchev–Trinajstić information content (AvgIpc) is 2.66. The number of rotatable bonds is 8. The Morgan fingerprint density at radius 2 is 1.15 bits per heavy atom. The van der Waals surface area contributed by atoms with Crippen molar-refractivity contribution in [2.45, 2.75) is 0 Å². The number of benzene rings is 2. The summed E-state index contributed by atoms with van der Waals surface area (Å²) in [5.41, 5.74) is 1.28. The summed E-state index contributed by atoms with van der Waals surface area (Å²) < 4.78 is 16.5. The van der Waals surface area contributed by atoms with Gasteiger partial charge in [-0.05, 0) is 47.5 Å². The van der Waals surface area contributed by atoms with Crippen LogP contribution in [0, 0.1) is 0 Å². The lowest BCUT2D eigenvalue weighted by molar-refractivity contribution is -0.132. The van der Waals surface area contributed by atoms with Gasteiger partial charge in [0.15, 0.2) is 23.0 Å². The third kappa shape index (κ3) is 5.64. The number of hydrogen-bond donors (Lipinski definition) is 2. The smallest absolute Gasteiger partial charge is 0.328 e. The van der Waals surface area contributed by atoms with Gasteiger partial charge in [0.05, 0.1) is 14.2 Å². The number of hydrogen-bond acceptors (Lipinski definition) is 5. The van der Waals surface area contributed by atoms with Gasteiger partial charge in [0.1, 0.15) is 0 Å². The molecule has 0 aliphatic rings. The Bertz CT molecular complexity index is 824. The number of aliphatic carboxylic acids is 2. The van der Waals surface area contributed by atoms with Gasteiger partial charge in [-0.15, -0.1) is 0 Å². The van der Waals surface area contributed by atoms with Crippen molar-refractivity contribution in [2.75, 3.05) is 14.2 Å². The maximum atomic E-state index is 10.6. The lowest BCUT2D eigenvalue weighted by Crippen LogP contribution is -1.94. The van der Waals surface area contributed by atoms with Gasteiger partial charge in [-0.2, -0.15) is 0 Å². The lowest BCUT2D eigenvalue weighted by Gasteiger charge is -2.14. The molecule has 27 heavy (non-hydrogen) atoms. The molecule has 0 spiro atoms. The van der Waals surface area contributed by atoms with Crippen LogP contribution in [0.1, 0.15) is 11.1 Å². The molecule has 0 bridgehead atoms. The summed E-state index contributed by atoms with van der Waals surface area (Å²) in [7, 11) is 2.95. The standard InChI is InChI=1S/C20H18O7/c1-25-17-11-13(5-9-19(21)22)3-7-15(17)27-16-8-4-14(6-10-20(23)24)12-18(16)26-2/h3-12H,1-2H3,(H,21,22)(H,23,24)/b9-5+,10-6+. The molecular formula is C20H18O7. The van der Waals surface area contributed by atoms with Gasteiger partial charge < -0.3 is 24.4 Å². The van der Waals surface area contributed by atoms with Gasteiger partial charge in [0, 0.05) is 12.2 Å². The first-order valence-electron chi connectivity index (χ1n) is 7.79. The number of carboxylic acid groups (broad SMARTS) is 2. The average molecular weight is 370 g/mol. The predicted molar refractivity (Wildman–Crippen MR) is 99.4 cm³/mol. The van der Waals surface area contributed by atoms with E-state index in [9.17, 15) is 9.59 Å². The van der Waals surface area contributed by atoms with E-state index in [1.165, 1.54) is 26.4 Å². The highest BCUT2D eigenvalue weighted by molar-refractivity contribution is 5.86. The third-order valence-corrected chi connectivity index (χ3v) is 3.43. The first-order chi connectivity index (χ1) is 12.9. The zero-order chi connectivity index (χ0) is 19.8. The van der Waals surface area contributed by atoms with E-state index >= 15 is 0 Å². The van der Waals surface area contributed by atoms with Gasteiger partial charge in [-0.25, -0.2) is 9.59 Å². The third-order valence-electron chi connectivity index (χ3n) is 3.43. The van der Waals surface area contributed by atoms with Crippen molar-refractivity contribution in [1.82, 2.24) is 0 Å². The van der Waals surface area contributed by atoms with Crippen LogP contribution in [-0.4, -0.2) is 36.4 Å². The van der Waals surface area contributed by atoms with Crippen molar-refractivity contribution in [3.8, 4) is 23.0 Å². The molecule has 2 aromatic rings. The maximum Gasteiger partial charge on any atom is 0.328 e. The fraction of sp³-hybridized carbons (Fsp3) is 0.100. The molecule has 7 heteroatoms. The van der Waals surface area contributed by atoms with Crippen LogP contribution in [0.4, 0.5) is 0 Å². The highest BCUT2D eigenvalue weighted by Gasteiger charge is 2.11. The van der Waals surface area contributed by atoms with Crippen LogP contribution < -0.4 is 14.2 Å². The molecule has 0 atom stereocenters. The molecule has 2 rings (SSSR count). The molecular weight excluding hydrogens is 352 g/mol. The largest absolute Gasteiger partial charge is 0.493 e. The summed E-state index contributed by atoms with van der Waals surface area (Å²) in [6.45, 7) is 0. The molecule has 7 nitrogen and oxygen atoms in total. The second-order valence-electron chi connectivity index (χ2n) is 5.27. The van der Waals surface area contributed by atoms with Crippen molar-refractivity contribution in [2.24, 2.45) is 0 Å². The molecule has 0 aromatic heterocycles. The number of methoxy groups -OCH3 is 2. The van der Waals surface area contributed by atoms with Crippen molar-refractivity contribution >= 4 is 24.1 Å². The molecule has 0 aliphatic heterocycles. The number of ether oxygens (including phenoxy) is 3. The van der Waals surface area contributed by atoms with Crippen LogP contribution in [0.15, 0.2) is 48.6 Å². The van der Waals surface area contributed by atoms with E-state index < -0.39 is 11.9 Å². The van der Waals surface area contributed by atoms with Crippen LogP contribution in [0.25, 0.3) is 12.2 Å². The molecule has 0 saturated carbocycles. The monoisotopic (exact) mass is 370 g/mol. The lowest BCUT2D eigenvalue weighted by atomic mass is 10.1. The summed E-state index contributed by atoms with van der Waals surface area (Å²) in [5, 5.41) is 17.4. The maximum absolute atomic E-state index is 10.6. The Balaban J connectivity index is 2.30. The Morgan fingerprint density at radius 3 is 1.48 bits per heavy atom. The van der Waals surface area contributed by atoms with Crippen molar-refractivity contribution in [3.05, 3.63) is 59.7 Å². The second kappa shape index (κ2) is 9.10. The van der Waals surface area contributed by atoms with E-state index in [1.54, 1.807) is 36.4 Å².